The topological polar surface area (TPSA) is 76.7 Å². The molecule has 0 bridgehead atoms. The molecule has 0 amide bonds. The van der Waals surface area contributed by atoms with E-state index in [9.17, 15) is 9.59 Å². The first kappa shape index (κ1) is 17.1. The fraction of sp³-hybridized carbons (Fsp3) is 0.368. The lowest BCUT2D eigenvalue weighted by atomic mass is 9.95. The average Bonchev–Trinajstić information content (AvgIpc) is 2.57. The van der Waals surface area contributed by atoms with Gasteiger partial charge in [-0.3, -0.25) is 9.59 Å². The van der Waals surface area contributed by atoms with Gasteiger partial charge in [0.15, 0.2) is 5.66 Å². The number of benzene rings is 2. The molecule has 0 unspecified atom stereocenters. The summed E-state index contributed by atoms with van der Waals surface area (Å²) in [5.74, 6) is -0.785. The Morgan fingerprint density at radius 1 is 0.880 bits per heavy atom. The molecule has 1 heterocycles. The maximum atomic E-state index is 11.4. The maximum absolute atomic E-state index is 11.4. The molecule has 132 valence electrons. The molecule has 2 aromatic carbocycles. The summed E-state index contributed by atoms with van der Waals surface area (Å²) in [5.41, 5.74) is 3.12. The van der Waals surface area contributed by atoms with Gasteiger partial charge in [-0.1, -0.05) is 24.3 Å². The van der Waals surface area contributed by atoms with E-state index in [2.05, 4.69) is 22.8 Å². The van der Waals surface area contributed by atoms with E-state index in [0.29, 0.717) is 0 Å². The zero-order valence-corrected chi connectivity index (χ0v) is 14.9. The van der Waals surface area contributed by atoms with Crippen LogP contribution in [0.5, 0.6) is 0 Å². The third kappa shape index (κ3) is 3.24. The van der Waals surface area contributed by atoms with E-state index < -0.39 is 17.6 Å². The second kappa shape index (κ2) is 6.27. The van der Waals surface area contributed by atoms with Crippen LogP contribution in [0.2, 0.25) is 0 Å². The first-order valence-corrected chi connectivity index (χ1v) is 8.17. The molecule has 6 heteroatoms. The number of rotatable bonds is 4. The quantitative estimate of drug-likeness (QED) is 0.832. The Morgan fingerprint density at radius 2 is 1.32 bits per heavy atom. The van der Waals surface area contributed by atoms with E-state index in [0.717, 1.165) is 33.3 Å². The van der Waals surface area contributed by atoms with Crippen molar-refractivity contribution in [1.29, 1.82) is 0 Å². The predicted octanol–water partition coefficient (Wildman–Crippen LogP) is 3.12. The minimum absolute atomic E-state index is 0.0270. The van der Waals surface area contributed by atoms with Crippen molar-refractivity contribution in [3.63, 3.8) is 0 Å². The lowest BCUT2D eigenvalue weighted by molar-refractivity contribution is -0.145. The van der Waals surface area contributed by atoms with Crippen LogP contribution in [0.15, 0.2) is 24.3 Å². The number of carbonyl (C=O) groups is 2. The average molecular weight is 342 g/mol. The van der Waals surface area contributed by atoms with Gasteiger partial charge in [-0.25, -0.2) is 0 Å². The molecule has 0 radical (unpaired) electrons. The van der Waals surface area contributed by atoms with Crippen molar-refractivity contribution in [3.8, 4) is 0 Å². The largest absolute Gasteiger partial charge is 0.461 e. The summed E-state index contributed by atoms with van der Waals surface area (Å²) in [4.78, 5) is 22.7. The van der Waals surface area contributed by atoms with Crippen LogP contribution in [-0.2, 0) is 19.1 Å². The van der Waals surface area contributed by atoms with Gasteiger partial charge >= 0.3 is 11.9 Å². The van der Waals surface area contributed by atoms with Crippen LogP contribution in [0.4, 0.5) is 11.4 Å². The Balaban J connectivity index is 2.10. The van der Waals surface area contributed by atoms with Crippen molar-refractivity contribution >= 4 is 34.1 Å². The number of nitrogens with one attached hydrogen (secondary N) is 2. The molecule has 0 atom stereocenters. The lowest BCUT2D eigenvalue weighted by Gasteiger charge is -2.41. The normalized spacial score (nSPS) is 14.4. The van der Waals surface area contributed by atoms with Crippen LogP contribution in [0, 0.1) is 13.8 Å². The zero-order valence-electron chi connectivity index (χ0n) is 14.9. The highest BCUT2D eigenvalue weighted by Crippen LogP contribution is 2.41. The van der Waals surface area contributed by atoms with Crippen molar-refractivity contribution in [3.05, 3.63) is 35.4 Å². The third-order valence-corrected chi connectivity index (χ3v) is 4.38. The second-order valence-electron chi connectivity index (χ2n) is 6.51. The highest BCUT2D eigenvalue weighted by atomic mass is 16.5. The molecular weight excluding hydrogens is 320 g/mol. The Labute approximate surface area is 146 Å². The van der Waals surface area contributed by atoms with Crippen LogP contribution in [0.1, 0.15) is 25.0 Å². The molecule has 0 aromatic heterocycles. The molecule has 0 saturated carbocycles. The van der Waals surface area contributed by atoms with E-state index in [1.54, 1.807) is 0 Å². The van der Waals surface area contributed by atoms with Gasteiger partial charge in [-0.15, -0.1) is 0 Å². The fourth-order valence-electron chi connectivity index (χ4n) is 3.09. The van der Waals surface area contributed by atoms with E-state index >= 15 is 0 Å². The summed E-state index contributed by atoms with van der Waals surface area (Å²) in [6, 6.07) is 8.23. The third-order valence-electron chi connectivity index (χ3n) is 4.38. The van der Waals surface area contributed by atoms with Gasteiger partial charge in [0.1, 0.15) is 13.2 Å². The van der Waals surface area contributed by atoms with Gasteiger partial charge in [-0.2, -0.15) is 0 Å². The van der Waals surface area contributed by atoms with Crippen LogP contribution in [0.25, 0.3) is 10.8 Å². The van der Waals surface area contributed by atoms with Gasteiger partial charge in [0.25, 0.3) is 0 Å². The van der Waals surface area contributed by atoms with Crippen molar-refractivity contribution < 1.29 is 19.1 Å². The van der Waals surface area contributed by atoms with E-state index in [1.807, 2.05) is 26.0 Å². The van der Waals surface area contributed by atoms with Crippen molar-refractivity contribution in [2.75, 3.05) is 23.8 Å². The first-order valence-electron chi connectivity index (χ1n) is 8.17. The molecule has 6 nitrogen and oxygen atoms in total. The van der Waals surface area contributed by atoms with Crippen molar-refractivity contribution in [1.82, 2.24) is 0 Å². The van der Waals surface area contributed by atoms with Gasteiger partial charge in [0, 0.05) is 30.6 Å². The number of hydrogen-bond acceptors (Lipinski definition) is 6. The van der Waals surface area contributed by atoms with Crippen LogP contribution < -0.4 is 10.6 Å². The molecule has 2 N–H and O–H groups in total. The van der Waals surface area contributed by atoms with Crippen LogP contribution in [-0.4, -0.2) is 30.8 Å². The Hall–Kier alpha value is -2.76. The Kier molecular flexibility index (Phi) is 4.29. The summed E-state index contributed by atoms with van der Waals surface area (Å²) in [6.45, 7) is 6.79. The predicted molar refractivity (Wildman–Crippen MR) is 96.7 cm³/mol. The van der Waals surface area contributed by atoms with Gasteiger partial charge in [0.2, 0.25) is 0 Å². The van der Waals surface area contributed by atoms with E-state index in [1.165, 1.54) is 13.8 Å². The summed E-state index contributed by atoms with van der Waals surface area (Å²) in [7, 11) is 0. The smallest absolute Gasteiger partial charge is 0.302 e. The Bertz CT molecular complexity index is 793. The number of anilines is 2. The molecule has 0 aliphatic carbocycles. The number of aryl methyl sites for hydroxylation is 2. The van der Waals surface area contributed by atoms with Crippen LogP contribution in [0.3, 0.4) is 0 Å². The van der Waals surface area contributed by atoms with Crippen molar-refractivity contribution in [2.45, 2.75) is 33.4 Å². The highest BCUT2D eigenvalue weighted by molar-refractivity contribution is 6.07. The standard InChI is InChI=1S/C19H22N2O4/c1-11-5-7-15-8-6-12(2)18-16(15)17(11)20-19(21-18,9-24-13(3)22)10-25-14(4)23/h5-8,20-21H,9-10H2,1-4H3. The molecule has 25 heavy (non-hydrogen) atoms. The van der Waals surface area contributed by atoms with Crippen LogP contribution >= 0.6 is 0 Å². The van der Waals surface area contributed by atoms with Gasteiger partial charge in [-0.05, 0) is 30.4 Å². The minimum Gasteiger partial charge on any atom is -0.461 e. The number of carbonyl (C=O) groups excluding carboxylic acids is 2. The molecule has 0 spiro atoms. The van der Waals surface area contributed by atoms with E-state index in [-0.39, 0.29) is 13.2 Å². The fourth-order valence-corrected chi connectivity index (χ4v) is 3.09. The number of ether oxygens (including phenoxy) is 2. The SMILES string of the molecule is CC(=O)OCC1(COC(C)=O)Nc2c(C)ccc3ccc(C)c(c23)N1. The zero-order chi connectivity index (χ0) is 18.2. The number of esters is 2. The summed E-state index contributed by atoms with van der Waals surface area (Å²) in [6.07, 6.45) is 0. The molecule has 2 aromatic rings. The first-order chi connectivity index (χ1) is 11.8. The summed E-state index contributed by atoms with van der Waals surface area (Å²) < 4.78 is 10.5. The van der Waals surface area contributed by atoms with E-state index in [4.69, 9.17) is 9.47 Å². The Morgan fingerprint density at radius 3 is 1.72 bits per heavy atom. The molecule has 3 rings (SSSR count). The summed E-state index contributed by atoms with van der Waals surface area (Å²) >= 11 is 0. The highest BCUT2D eigenvalue weighted by Gasteiger charge is 2.38. The molecular formula is C19H22N2O4. The number of hydrogen-bond donors (Lipinski definition) is 2. The van der Waals surface area contributed by atoms with Gasteiger partial charge in [0.05, 0.1) is 0 Å². The molecule has 0 fully saturated rings. The lowest BCUT2D eigenvalue weighted by Crippen LogP contribution is -2.56. The maximum Gasteiger partial charge on any atom is 0.302 e. The second-order valence-corrected chi connectivity index (χ2v) is 6.51. The molecule has 1 aliphatic rings. The minimum atomic E-state index is -0.921. The van der Waals surface area contributed by atoms with Crippen molar-refractivity contribution in [2.24, 2.45) is 0 Å². The summed E-state index contributed by atoms with van der Waals surface area (Å²) in [5, 5.41) is 9.02. The monoisotopic (exact) mass is 342 g/mol. The van der Waals surface area contributed by atoms with Gasteiger partial charge < -0.3 is 20.1 Å². The molecule has 0 saturated heterocycles. The molecule has 1 aliphatic heterocycles.